The summed E-state index contributed by atoms with van der Waals surface area (Å²) in [7, 11) is 0. The van der Waals surface area contributed by atoms with Crippen LogP contribution in [0.25, 0.3) is 0 Å². The van der Waals surface area contributed by atoms with Gasteiger partial charge in [-0.15, -0.1) is 0 Å². The summed E-state index contributed by atoms with van der Waals surface area (Å²) < 4.78 is 0. The zero-order chi connectivity index (χ0) is 11.7. The normalized spacial score (nSPS) is 15.1. The van der Waals surface area contributed by atoms with Gasteiger partial charge < -0.3 is 5.32 Å². The maximum Gasteiger partial charge on any atom is 0.324 e. The van der Waals surface area contributed by atoms with Crippen LogP contribution in [0.5, 0.6) is 0 Å². The van der Waals surface area contributed by atoms with Crippen molar-refractivity contribution in [3.63, 3.8) is 0 Å². The number of pyridine rings is 1. The fourth-order valence-electron chi connectivity index (χ4n) is 1.36. The largest absolute Gasteiger partial charge is 0.336 e. The van der Waals surface area contributed by atoms with Crippen LogP contribution in [0.1, 0.15) is 10.4 Å². The predicted molar refractivity (Wildman–Crippen MR) is 58.7 cm³/mol. The van der Waals surface area contributed by atoms with Gasteiger partial charge in [-0.2, -0.15) is 0 Å². The number of urea groups is 1. The second kappa shape index (κ2) is 4.27. The molecular formula is C9H7Cl2N3O2. The van der Waals surface area contributed by atoms with Gasteiger partial charge in [0.15, 0.2) is 0 Å². The number of rotatable bonds is 1. The van der Waals surface area contributed by atoms with Crippen molar-refractivity contribution in [1.82, 2.24) is 15.2 Å². The van der Waals surface area contributed by atoms with Gasteiger partial charge in [0.1, 0.15) is 5.15 Å². The molecule has 0 aliphatic carbocycles. The van der Waals surface area contributed by atoms with Crippen LogP contribution in [0.2, 0.25) is 10.2 Å². The summed E-state index contributed by atoms with van der Waals surface area (Å²) in [5.74, 6) is -0.430. The van der Waals surface area contributed by atoms with Crippen LogP contribution in [-0.2, 0) is 0 Å². The number of carbonyl (C=O) groups is 2. The highest BCUT2D eigenvalue weighted by molar-refractivity contribution is 6.41. The lowest BCUT2D eigenvalue weighted by molar-refractivity contribution is 0.0829. The molecule has 5 nitrogen and oxygen atoms in total. The molecule has 1 fully saturated rings. The van der Waals surface area contributed by atoms with E-state index in [1.54, 1.807) is 0 Å². The molecule has 0 saturated carbocycles. The molecule has 3 amide bonds. The van der Waals surface area contributed by atoms with Crippen LogP contribution in [0.3, 0.4) is 0 Å². The summed E-state index contributed by atoms with van der Waals surface area (Å²) in [5.41, 5.74) is 0.242. The van der Waals surface area contributed by atoms with Crippen molar-refractivity contribution in [2.75, 3.05) is 13.1 Å². The van der Waals surface area contributed by atoms with Crippen LogP contribution in [0.15, 0.2) is 12.3 Å². The molecule has 1 aliphatic rings. The van der Waals surface area contributed by atoms with Gasteiger partial charge in [-0.25, -0.2) is 9.78 Å². The maximum absolute atomic E-state index is 11.8. The number of amides is 3. The van der Waals surface area contributed by atoms with Gasteiger partial charge >= 0.3 is 6.03 Å². The molecular weight excluding hydrogens is 253 g/mol. The molecule has 1 aliphatic heterocycles. The summed E-state index contributed by atoms with van der Waals surface area (Å²) in [6.45, 7) is 0.803. The van der Waals surface area contributed by atoms with Gasteiger partial charge in [-0.1, -0.05) is 23.2 Å². The molecule has 0 atom stereocenters. The number of nitrogens with one attached hydrogen (secondary N) is 1. The van der Waals surface area contributed by atoms with E-state index in [1.165, 1.54) is 12.3 Å². The monoisotopic (exact) mass is 259 g/mol. The van der Waals surface area contributed by atoms with Crippen molar-refractivity contribution in [3.05, 3.63) is 28.0 Å². The SMILES string of the molecule is O=C1NCCN1C(=O)c1cnc(Cl)c(Cl)c1. The molecule has 0 radical (unpaired) electrons. The average molecular weight is 260 g/mol. The van der Waals surface area contributed by atoms with E-state index in [9.17, 15) is 9.59 Å². The van der Waals surface area contributed by atoms with Gasteiger partial charge in [0, 0.05) is 19.3 Å². The van der Waals surface area contributed by atoms with Crippen molar-refractivity contribution in [2.24, 2.45) is 0 Å². The highest BCUT2D eigenvalue weighted by Crippen LogP contribution is 2.20. The van der Waals surface area contributed by atoms with E-state index >= 15 is 0 Å². The molecule has 16 heavy (non-hydrogen) atoms. The Labute approximate surface area is 101 Å². The van der Waals surface area contributed by atoms with E-state index in [1.807, 2.05) is 0 Å². The van der Waals surface area contributed by atoms with E-state index < -0.39 is 11.9 Å². The summed E-state index contributed by atoms with van der Waals surface area (Å²) in [6, 6.07) is 0.987. The number of imide groups is 1. The molecule has 84 valence electrons. The highest BCUT2D eigenvalue weighted by atomic mass is 35.5. The topological polar surface area (TPSA) is 62.3 Å². The fraction of sp³-hybridized carbons (Fsp3) is 0.222. The molecule has 1 aromatic heterocycles. The lowest BCUT2D eigenvalue weighted by atomic mass is 10.2. The van der Waals surface area contributed by atoms with Crippen molar-refractivity contribution in [2.45, 2.75) is 0 Å². The van der Waals surface area contributed by atoms with E-state index in [2.05, 4.69) is 10.3 Å². The molecule has 7 heteroatoms. The minimum atomic E-state index is -0.430. The number of nitrogens with zero attached hydrogens (tertiary/aromatic N) is 2. The Morgan fingerprint density at radius 3 is 2.81 bits per heavy atom. The van der Waals surface area contributed by atoms with Crippen LogP contribution in [0, 0.1) is 0 Å². The molecule has 0 spiro atoms. The Bertz CT molecular complexity index is 464. The first-order valence-corrected chi connectivity index (χ1v) is 5.26. The molecule has 0 unspecified atom stereocenters. The molecule has 1 N–H and O–H groups in total. The number of hydrogen-bond donors (Lipinski definition) is 1. The first-order chi connectivity index (χ1) is 7.59. The van der Waals surface area contributed by atoms with E-state index in [0.29, 0.717) is 13.1 Å². The first-order valence-electron chi connectivity index (χ1n) is 4.50. The summed E-state index contributed by atoms with van der Waals surface area (Å²) in [4.78, 5) is 27.9. The second-order valence-electron chi connectivity index (χ2n) is 3.19. The van der Waals surface area contributed by atoms with Crippen molar-refractivity contribution >= 4 is 35.1 Å². The smallest absolute Gasteiger partial charge is 0.324 e. The molecule has 2 heterocycles. The van der Waals surface area contributed by atoms with Gasteiger partial charge in [0.05, 0.1) is 10.6 Å². The molecule has 0 aromatic carbocycles. The summed E-state index contributed by atoms with van der Waals surface area (Å²) in [5, 5.41) is 2.85. The highest BCUT2D eigenvalue weighted by Gasteiger charge is 2.27. The summed E-state index contributed by atoms with van der Waals surface area (Å²) in [6.07, 6.45) is 1.29. The maximum atomic E-state index is 11.8. The molecule has 0 bridgehead atoms. The van der Waals surface area contributed by atoms with E-state index in [4.69, 9.17) is 23.2 Å². The lowest BCUT2D eigenvalue weighted by Crippen LogP contribution is -2.34. The average Bonchev–Trinajstić information content (AvgIpc) is 2.67. The number of aromatic nitrogens is 1. The number of hydrogen-bond acceptors (Lipinski definition) is 3. The predicted octanol–water partition coefficient (Wildman–Crippen LogP) is 1.55. The quantitative estimate of drug-likeness (QED) is 0.779. The second-order valence-corrected chi connectivity index (χ2v) is 3.95. The Morgan fingerprint density at radius 1 is 1.50 bits per heavy atom. The Morgan fingerprint density at radius 2 is 2.25 bits per heavy atom. The molecule has 2 rings (SSSR count). The van der Waals surface area contributed by atoms with Crippen molar-refractivity contribution in [3.8, 4) is 0 Å². The fourth-order valence-corrected chi connectivity index (χ4v) is 1.63. The van der Waals surface area contributed by atoms with Gasteiger partial charge in [-0.3, -0.25) is 9.69 Å². The van der Waals surface area contributed by atoms with Gasteiger partial charge in [0.25, 0.3) is 5.91 Å². The van der Waals surface area contributed by atoms with E-state index in [-0.39, 0.29) is 15.7 Å². The van der Waals surface area contributed by atoms with Crippen molar-refractivity contribution < 1.29 is 9.59 Å². The van der Waals surface area contributed by atoms with Crippen LogP contribution < -0.4 is 5.32 Å². The number of halogens is 2. The first kappa shape index (κ1) is 11.2. The Hall–Kier alpha value is -1.33. The van der Waals surface area contributed by atoms with E-state index in [0.717, 1.165) is 4.90 Å². The Kier molecular flexibility index (Phi) is 2.98. The Balaban J connectivity index is 2.27. The zero-order valence-electron chi connectivity index (χ0n) is 8.04. The lowest BCUT2D eigenvalue weighted by Gasteiger charge is -2.11. The minimum Gasteiger partial charge on any atom is -0.336 e. The third-order valence-electron chi connectivity index (χ3n) is 2.15. The molecule has 1 aromatic rings. The standard InChI is InChI=1S/C9H7Cl2N3O2/c10-6-3-5(4-13-7(6)11)8(15)14-2-1-12-9(14)16/h3-4H,1-2H2,(H,12,16). The number of carbonyl (C=O) groups excluding carboxylic acids is 2. The van der Waals surface area contributed by atoms with Gasteiger partial charge in [0.2, 0.25) is 0 Å². The van der Waals surface area contributed by atoms with Crippen LogP contribution in [0.4, 0.5) is 4.79 Å². The van der Waals surface area contributed by atoms with Crippen molar-refractivity contribution in [1.29, 1.82) is 0 Å². The third-order valence-corrected chi connectivity index (χ3v) is 2.83. The van der Waals surface area contributed by atoms with Crippen LogP contribution in [-0.4, -0.2) is 34.9 Å². The minimum absolute atomic E-state index is 0.129. The zero-order valence-corrected chi connectivity index (χ0v) is 9.55. The third kappa shape index (κ3) is 1.96. The van der Waals surface area contributed by atoms with Gasteiger partial charge in [-0.05, 0) is 6.07 Å². The van der Waals surface area contributed by atoms with Crippen LogP contribution >= 0.6 is 23.2 Å². The summed E-state index contributed by atoms with van der Waals surface area (Å²) >= 11 is 11.4. The molecule has 1 saturated heterocycles.